The predicted molar refractivity (Wildman–Crippen MR) is 79.6 cm³/mol. The van der Waals surface area contributed by atoms with E-state index in [-0.39, 0.29) is 11.2 Å². The van der Waals surface area contributed by atoms with Crippen molar-refractivity contribution in [3.63, 3.8) is 0 Å². The lowest BCUT2D eigenvalue weighted by Gasteiger charge is -2.31. The molecular weight excluding hydrogens is 274 g/mol. The van der Waals surface area contributed by atoms with Gasteiger partial charge in [0, 0.05) is 24.9 Å². The highest BCUT2D eigenvalue weighted by atomic mass is 32.2. The van der Waals surface area contributed by atoms with Crippen LogP contribution in [0.3, 0.4) is 0 Å². The Balaban J connectivity index is 2.01. The Hall–Kier alpha value is -1.36. The molecule has 5 heteroatoms. The maximum Gasteiger partial charge on any atom is 0.253 e. The van der Waals surface area contributed by atoms with Gasteiger partial charge >= 0.3 is 0 Å². The van der Waals surface area contributed by atoms with Crippen LogP contribution in [0.4, 0.5) is 0 Å². The molecule has 0 atom stereocenters. The summed E-state index contributed by atoms with van der Waals surface area (Å²) in [5, 5.41) is -0.297. The van der Waals surface area contributed by atoms with E-state index in [0.717, 1.165) is 6.42 Å². The molecule has 0 spiro atoms. The van der Waals surface area contributed by atoms with Crippen molar-refractivity contribution in [2.45, 2.75) is 31.4 Å². The van der Waals surface area contributed by atoms with Crippen LogP contribution in [-0.2, 0) is 16.3 Å². The molecule has 1 heterocycles. The van der Waals surface area contributed by atoms with Crippen molar-refractivity contribution in [1.29, 1.82) is 0 Å². The molecule has 0 aliphatic carbocycles. The molecule has 1 aliphatic rings. The van der Waals surface area contributed by atoms with Crippen LogP contribution in [0.1, 0.15) is 35.7 Å². The minimum atomic E-state index is -2.99. The van der Waals surface area contributed by atoms with E-state index in [1.165, 1.54) is 11.8 Å². The summed E-state index contributed by atoms with van der Waals surface area (Å²) in [5.74, 6) is -0.000367. The van der Waals surface area contributed by atoms with Crippen LogP contribution in [0.5, 0.6) is 0 Å². The number of rotatable bonds is 3. The molecule has 1 aromatic carbocycles. The van der Waals surface area contributed by atoms with Crippen molar-refractivity contribution < 1.29 is 13.2 Å². The number of amides is 1. The number of carbonyl (C=O) groups excluding carboxylic acids is 1. The van der Waals surface area contributed by atoms with Gasteiger partial charge in [-0.25, -0.2) is 8.42 Å². The molecule has 0 saturated carbocycles. The summed E-state index contributed by atoms with van der Waals surface area (Å²) >= 11 is 0. The monoisotopic (exact) mass is 295 g/mol. The fourth-order valence-electron chi connectivity index (χ4n) is 2.55. The van der Waals surface area contributed by atoms with Gasteiger partial charge in [0.2, 0.25) is 0 Å². The summed E-state index contributed by atoms with van der Waals surface area (Å²) in [6.07, 6.45) is 3.31. The zero-order valence-electron chi connectivity index (χ0n) is 12.0. The molecular formula is C15H21NO3S. The van der Waals surface area contributed by atoms with E-state index in [1.54, 1.807) is 4.90 Å². The highest BCUT2D eigenvalue weighted by Crippen LogP contribution is 2.19. The lowest BCUT2D eigenvalue weighted by Crippen LogP contribution is -2.42. The van der Waals surface area contributed by atoms with Gasteiger partial charge in [0.05, 0.1) is 5.25 Å². The smallest absolute Gasteiger partial charge is 0.253 e. The summed E-state index contributed by atoms with van der Waals surface area (Å²) < 4.78 is 23.0. The second-order valence-corrected chi connectivity index (χ2v) is 7.70. The van der Waals surface area contributed by atoms with Gasteiger partial charge in [-0.1, -0.05) is 19.1 Å². The van der Waals surface area contributed by atoms with Crippen molar-refractivity contribution in [2.75, 3.05) is 19.3 Å². The largest absolute Gasteiger partial charge is 0.339 e. The molecule has 2 rings (SSSR count). The summed E-state index contributed by atoms with van der Waals surface area (Å²) in [4.78, 5) is 14.1. The predicted octanol–water partition coefficient (Wildman–Crippen LogP) is 1.90. The zero-order valence-corrected chi connectivity index (χ0v) is 12.8. The SMILES string of the molecule is CCc1ccc(C(=O)N2CCC(S(C)(=O)=O)CC2)cc1. The first-order chi connectivity index (χ1) is 9.41. The third-order valence-corrected chi connectivity index (χ3v) is 5.63. The van der Waals surface area contributed by atoms with Crippen LogP contribution in [0, 0.1) is 0 Å². The zero-order chi connectivity index (χ0) is 14.8. The Bertz CT molecular complexity index is 570. The number of hydrogen-bond acceptors (Lipinski definition) is 3. The van der Waals surface area contributed by atoms with E-state index in [2.05, 4.69) is 6.92 Å². The molecule has 1 saturated heterocycles. The Labute approximate surface area is 120 Å². The van der Waals surface area contributed by atoms with Gasteiger partial charge in [-0.05, 0) is 37.0 Å². The lowest BCUT2D eigenvalue weighted by molar-refractivity contribution is 0.0725. The molecule has 20 heavy (non-hydrogen) atoms. The number of nitrogens with zero attached hydrogens (tertiary/aromatic N) is 1. The average molecular weight is 295 g/mol. The first-order valence-electron chi connectivity index (χ1n) is 6.99. The molecule has 0 N–H and O–H groups in total. The van der Waals surface area contributed by atoms with Gasteiger partial charge in [0.15, 0.2) is 0 Å². The minimum absolute atomic E-state index is 0.000367. The summed E-state index contributed by atoms with van der Waals surface area (Å²) in [7, 11) is -2.99. The Morgan fingerprint density at radius 1 is 1.20 bits per heavy atom. The average Bonchev–Trinajstić information content (AvgIpc) is 2.46. The van der Waals surface area contributed by atoms with Gasteiger partial charge in [0.25, 0.3) is 5.91 Å². The van der Waals surface area contributed by atoms with Crippen LogP contribution in [-0.4, -0.2) is 43.8 Å². The van der Waals surface area contributed by atoms with Crippen molar-refractivity contribution >= 4 is 15.7 Å². The van der Waals surface area contributed by atoms with Gasteiger partial charge in [0.1, 0.15) is 9.84 Å². The third-order valence-electron chi connectivity index (χ3n) is 3.94. The fraction of sp³-hybridized carbons (Fsp3) is 0.533. The number of benzene rings is 1. The molecule has 1 aromatic rings. The second kappa shape index (κ2) is 5.95. The van der Waals surface area contributed by atoms with Crippen LogP contribution >= 0.6 is 0 Å². The van der Waals surface area contributed by atoms with Gasteiger partial charge in [-0.2, -0.15) is 0 Å². The first-order valence-corrected chi connectivity index (χ1v) is 8.94. The molecule has 0 unspecified atom stereocenters. The van der Waals surface area contributed by atoms with E-state index in [9.17, 15) is 13.2 Å². The minimum Gasteiger partial charge on any atom is -0.339 e. The van der Waals surface area contributed by atoms with Gasteiger partial charge < -0.3 is 4.90 Å². The van der Waals surface area contributed by atoms with Crippen LogP contribution in [0.15, 0.2) is 24.3 Å². The molecule has 1 aliphatic heterocycles. The number of likely N-dealkylation sites (tertiary alicyclic amines) is 1. The molecule has 1 fully saturated rings. The summed E-state index contributed by atoms with van der Waals surface area (Å²) in [6.45, 7) is 3.12. The normalized spacial score (nSPS) is 17.2. The Kier molecular flexibility index (Phi) is 4.48. The topological polar surface area (TPSA) is 54.5 Å². The number of sulfone groups is 1. The number of piperidine rings is 1. The first kappa shape index (κ1) is 15.0. The quantitative estimate of drug-likeness (QED) is 0.856. The second-order valence-electron chi connectivity index (χ2n) is 5.37. The third kappa shape index (κ3) is 3.39. The van der Waals surface area contributed by atoms with E-state index < -0.39 is 9.84 Å². The number of carbonyl (C=O) groups is 1. The van der Waals surface area contributed by atoms with Crippen molar-refractivity contribution in [2.24, 2.45) is 0 Å². The Morgan fingerprint density at radius 2 is 1.75 bits per heavy atom. The van der Waals surface area contributed by atoms with E-state index in [1.807, 2.05) is 24.3 Å². The van der Waals surface area contributed by atoms with E-state index in [4.69, 9.17) is 0 Å². The highest BCUT2D eigenvalue weighted by Gasteiger charge is 2.28. The molecule has 0 aromatic heterocycles. The van der Waals surface area contributed by atoms with Gasteiger partial charge in [-0.15, -0.1) is 0 Å². The number of aryl methyl sites for hydroxylation is 1. The Morgan fingerprint density at radius 3 is 2.20 bits per heavy atom. The van der Waals surface area contributed by atoms with Crippen molar-refractivity contribution in [1.82, 2.24) is 4.90 Å². The van der Waals surface area contributed by atoms with Gasteiger partial charge in [-0.3, -0.25) is 4.79 Å². The molecule has 1 amide bonds. The van der Waals surface area contributed by atoms with Crippen LogP contribution in [0.2, 0.25) is 0 Å². The standard InChI is InChI=1S/C15H21NO3S/c1-3-12-4-6-13(7-5-12)15(17)16-10-8-14(9-11-16)20(2,18)19/h4-7,14H,3,8-11H2,1-2H3. The van der Waals surface area contributed by atoms with Crippen molar-refractivity contribution in [3.05, 3.63) is 35.4 Å². The number of hydrogen-bond donors (Lipinski definition) is 0. The van der Waals surface area contributed by atoms with Crippen molar-refractivity contribution in [3.8, 4) is 0 Å². The highest BCUT2D eigenvalue weighted by molar-refractivity contribution is 7.91. The fourth-order valence-corrected chi connectivity index (χ4v) is 3.62. The van der Waals surface area contributed by atoms with E-state index >= 15 is 0 Å². The molecule has 0 bridgehead atoms. The molecule has 110 valence electrons. The van der Waals surface area contributed by atoms with Crippen LogP contribution in [0.25, 0.3) is 0 Å². The maximum absolute atomic E-state index is 12.3. The summed E-state index contributed by atoms with van der Waals surface area (Å²) in [5.41, 5.74) is 1.89. The molecule has 4 nitrogen and oxygen atoms in total. The summed E-state index contributed by atoms with van der Waals surface area (Å²) in [6, 6.07) is 7.64. The molecule has 0 radical (unpaired) electrons. The van der Waals surface area contributed by atoms with Crippen LogP contribution < -0.4 is 0 Å². The lowest BCUT2D eigenvalue weighted by atomic mass is 10.1. The maximum atomic E-state index is 12.3. The van der Waals surface area contributed by atoms with E-state index in [0.29, 0.717) is 31.5 Å².